The Hall–Kier alpha value is -0.160. The standard InChI is InChI=1S/C7H14O4/c1-4-7(9)5(10-2)3-6(8)11-4/h4-9H,3H2,1-2H3/t4?,5-,6-,7-/m1/s1. The van der Waals surface area contributed by atoms with Gasteiger partial charge in [-0.2, -0.15) is 0 Å². The maximum absolute atomic E-state index is 9.39. The van der Waals surface area contributed by atoms with Crippen LogP contribution in [0.25, 0.3) is 0 Å². The number of ether oxygens (including phenoxy) is 2. The molecule has 0 saturated carbocycles. The first-order chi connectivity index (χ1) is 5.15. The first-order valence-corrected chi connectivity index (χ1v) is 3.69. The van der Waals surface area contributed by atoms with Gasteiger partial charge in [-0.05, 0) is 6.92 Å². The summed E-state index contributed by atoms with van der Waals surface area (Å²) in [6, 6.07) is 0. The highest BCUT2D eigenvalue weighted by atomic mass is 16.6. The molecule has 4 heteroatoms. The predicted octanol–water partition coefficient (Wildman–Crippen LogP) is -0.510. The zero-order valence-corrected chi connectivity index (χ0v) is 6.73. The molecule has 1 fully saturated rings. The van der Waals surface area contributed by atoms with Gasteiger partial charge in [0.25, 0.3) is 0 Å². The van der Waals surface area contributed by atoms with Crippen LogP contribution in [0.4, 0.5) is 0 Å². The van der Waals surface area contributed by atoms with E-state index < -0.39 is 12.4 Å². The van der Waals surface area contributed by atoms with Crippen molar-refractivity contribution in [2.24, 2.45) is 0 Å². The fourth-order valence-electron chi connectivity index (χ4n) is 1.26. The Morgan fingerprint density at radius 1 is 1.45 bits per heavy atom. The second-order valence-corrected chi connectivity index (χ2v) is 2.80. The maximum Gasteiger partial charge on any atom is 0.157 e. The van der Waals surface area contributed by atoms with Gasteiger partial charge in [0, 0.05) is 13.5 Å². The third kappa shape index (κ3) is 1.90. The predicted molar refractivity (Wildman–Crippen MR) is 38.0 cm³/mol. The molecule has 2 N–H and O–H groups in total. The first kappa shape index (κ1) is 8.93. The van der Waals surface area contributed by atoms with Gasteiger partial charge in [-0.3, -0.25) is 0 Å². The van der Waals surface area contributed by atoms with E-state index in [1.54, 1.807) is 6.92 Å². The lowest BCUT2D eigenvalue weighted by Gasteiger charge is -2.34. The number of rotatable bonds is 1. The molecule has 0 aliphatic carbocycles. The molecule has 1 unspecified atom stereocenters. The van der Waals surface area contributed by atoms with E-state index >= 15 is 0 Å². The van der Waals surface area contributed by atoms with Crippen molar-refractivity contribution < 1.29 is 19.7 Å². The fourth-order valence-corrected chi connectivity index (χ4v) is 1.26. The monoisotopic (exact) mass is 162 g/mol. The number of aliphatic hydroxyl groups is 2. The van der Waals surface area contributed by atoms with Crippen molar-refractivity contribution in [1.29, 1.82) is 0 Å². The van der Waals surface area contributed by atoms with Crippen molar-refractivity contribution in [3.8, 4) is 0 Å². The highest BCUT2D eigenvalue weighted by molar-refractivity contribution is 4.80. The van der Waals surface area contributed by atoms with Crippen LogP contribution in [0.5, 0.6) is 0 Å². The molecular weight excluding hydrogens is 148 g/mol. The average molecular weight is 162 g/mol. The molecule has 1 saturated heterocycles. The molecule has 1 aliphatic rings. The maximum atomic E-state index is 9.39. The van der Waals surface area contributed by atoms with Crippen molar-refractivity contribution in [2.75, 3.05) is 7.11 Å². The summed E-state index contributed by atoms with van der Waals surface area (Å²) in [5, 5.41) is 18.5. The molecule has 0 spiro atoms. The molecule has 0 aromatic rings. The molecule has 4 nitrogen and oxygen atoms in total. The molecular formula is C7H14O4. The number of aliphatic hydroxyl groups excluding tert-OH is 2. The minimum atomic E-state index is -0.807. The Bertz CT molecular complexity index is 128. The van der Waals surface area contributed by atoms with Gasteiger partial charge in [-0.25, -0.2) is 0 Å². The number of hydrogen-bond acceptors (Lipinski definition) is 4. The van der Waals surface area contributed by atoms with Gasteiger partial charge in [-0.15, -0.1) is 0 Å². The Morgan fingerprint density at radius 3 is 2.64 bits per heavy atom. The lowest BCUT2D eigenvalue weighted by molar-refractivity contribution is -0.231. The fraction of sp³-hybridized carbons (Fsp3) is 1.00. The quantitative estimate of drug-likeness (QED) is 0.545. The van der Waals surface area contributed by atoms with Gasteiger partial charge in [0.05, 0.1) is 12.2 Å². The third-order valence-corrected chi connectivity index (χ3v) is 1.97. The molecule has 1 heterocycles. The Morgan fingerprint density at radius 2 is 2.09 bits per heavy atom. The number of methoxy groups -OCH3 is 1. The van der Waals surface area contributed by atoms with Gasteiger partial charge < -0.3 is 19.7 Å². The lowest BCUT2D eigenvalue weighted by atomic mass is 10.0. The molecule has 0 aromatic carbocycles. The third-order valence-electron chi connectivity index (χ3n) is 1.97. The minimum Gasteiger partial charge on any atom is -0.388 e. The van der Waals surface area contributed by atoms with Crippen LogP contribution >= 0.6 is 0 Å². The SMILES string of the molecule is CO[C@@H]1C[C@H](O)OC(C)[C@H]1O. The van der Waals surface area contributed by atoms with Crippen LogP contribution in [-0.4, -0.2) is 41.9 Å². The molecule has 11 heavy (non-hydrogen) atoms. The average Bonchev–Trinajstić information content (AvgIpc) is 1.96. The second-order valence-electron chi connectivity index (χ2n) is 2.80. The Balaban J connectivity index is 2.51. The summed E-state index contributed by atoms with van der Waals surface area (Å²) >= 11 is 0. The van der Waals surface area contributed by atoms with Gasteiger partial charge in [-0.1, -0.05) is 0 Å². The molecule has 4 atom stereocenters. The summed E-state index contributed by atoms with van der Waals surface area (Å²) in [5.74, 6) is 0. The van der Waals surface area contributed by atoms with Crippen LogP contribution in [0.3, 0.4) is 0 Å². The van der Waals surface area contributed by atoms with E-state index in [1.807, 2.05) is 0 Å². The van der Waals surface area contributed by atoms with E-state index in [9.17, 15) is 5.11 Å². The van der Waals surface area contributed by atoms with Gasteiger partial charge in [0.1, 0.15) is 6.10 Å². The van der Waals surface area contributed by atoms with Crippen LogP contribution in [0.15, 0.2) is 0 Å². The second kappa shape index (κ2) is 3.49. The largest absolute Gasteiger partial charge is 0.388 e. The summed E-state index contributed by atoms with van der Waals surface area (Å²) in [5.41, 5.74) is 0. The summed E-state index contributed by atoms with van der Waals surface area (Å²) in [6.45, 7) is 1.71. The van der Waals surface area contributed by atoms with Gasteiger partial charge >= 0.3 is 0 Å². The van der Waals surface area contributed by atoms with E-state index in [1.165, 1.54) is 7.11 Å². The van der Waals surface area contributed by atoms with Crippen LogP contribution < -0.4 is 0 Å². The topological polar surface area (TPSA) is 58.9 Å². The minimum absolute atomic E-state index is 0.311. The van der Waals surface area contributed by atoms with E-state index in [4.69, 9.17) is 14.6 Å². The van der Waals surface area contributed by atoms with E-state index in [0.29, 0.717) is 6.42 Å². The van der Waals surface area contributed by atoms with E-state index in [2.05, 4.69) is 0 Å². The molecule has 0 radical (unpaired) electrons. The Kier molecular flexibility index (Phi) is 2.84. The van der Waals surface area contributed by atoms with Gasteiger partial charge in [0.2, 0.25) is 0 Å². The van der Waals surface area contributed by atoms with Gasteiger partial charge in [0.15, 0.2) is 6.29 Å². The highest BCUT2D eigenvalue weighted by Gasteiger charge is 2.34. The molecule has 66 valence electrons. The molecule has 1 aliphatic heterocycles. The summed E-state index contributed by atoms with van der Waals surface area (Å²) < 4.78 is 9.91. The number of hydrogen-bond donors (Lipinski definition) is 2. The highest BCUT2D eigenvalue weighted by Crippen LogP contribution is 2.20. The van der Waals surface area contributed by atoms with Crippen molar-refractivity contribution in [1.82, 2.24) is 0 Å². The van der Waals surface area contributed by atoms with Crippen LogP contribution in [0, 0.1) is 0 Å². The van der Waals surface area contributed by atoms with Crippen LogP contribution in [0.1, 0.15) is 13.3 Å². The molecule has 0 aromatic heterocycles. The van der Waals surface area contributed by atoms with Crippen molar-refractivity contribution >= 4 is 0 Å². The van der Waals surface area contributed by atoms with Crippen LogP contribution in [-0.2, 0) is 9.47 Å². The van der Waals surface area contributed by atoms with Crippen molar-refractivity contribution in [3.63, 3.8) is 0 Å². The van der Waals surface area contributed by atoms with Crippen LogP contribution in [0.2, 0.25) is 0 Å². The molecule has 0 amide bonds. The first-order valence-electron chi connectivity index (χ1n) is 3.69. The molecule has 1 rings (SSSR count). The normalized spacial score (nSPS) is 45.8. The smallest absolute Gasteiger partial charge is 0.157 e. The lowest BCUT2D eigenvalue weighted by Crippen LogP contribution is -2.47. The zero-order chi connectivity index (χ0) is 8.43. The van der Waals surface area contributed by atoms with E-state index in [-0.39, 0.29) is 12.2 Å². The zero-order valence-electron chi connectivity index (χ0n) is 6.73. The molecule has 0 bridgehead atoms. The summed E-state index contributed by atoms with van der Waals surface area (Å²) in [7, 11) is 1.51. The van der Waals surface area contributed by atoms with Crippen molar-refractivity contribution in [2.45, 2.75) is 37.9 Å². The summed E-state index contributed by atoms with van der Waals surface area (Å²) in [6.07, 6.45) is -1.78. The van der Waals surface area contributed by atoms with Crippen molar-refractivity contribution in [3.05, 3.63) is 0 Å². The Labute approximate surface area is 65.7 Å². The summed E-state index contributed by atoms with van der Waals surface area (Å²) in [4.78, 5) is 0. The van der Waals surface area contributed by atoms with E-state index in [0.717, 1.165) is 0 Å².